The molecule has 25 heavy (non-hydrogen) atoms. The van der Waals surface area contributed by atoms with Crippen LogP contribution in [0.3, 0.4) is 0 Å². The highest BCUT2D eigenvalue weighted by atomic mass is 16.4. The Morgan fingerprint density at radius 2 is 1.96 bits per heavy atom. The molecule has 0 spiro atoms. The lowest BCUT2D eigenvalue weighted by molar-refractivity contribution is -0.137. The Bertz CT molecular complexity index is 474. The first-order chi connectivity index (χ1) is 11.9. The summed E-state index contributed by atoms with van der Waals surface area (Å²) in [6, 6.07) is -0.128. The maximum Gasteiger partial charge on any atom is 0.303 e. The van der Waals surface area contributed by atoms with E-state index < -0.39 is 12.1 Å². The molecular formula is C19H31NO5. The second-order valence-corrected chi connectivity index (χ2v) is 6.72. The van der Waals surface area contributed by atoms with Crippen LogP contribution in [0.2, 0.25) is 0 Å². The summed E-state index contributed by atoms with van der Waals surface area (Å²) >= 11 is 0. The van der Waals surface area contributed by atoms with Crippen LogP contribution in [0.5, 0.6) is 0 Å². The van der Waals surface area contributed by atoms with Crippen molar-refractivity contribution in [2.75, 3.05) is 6.54 Å². The average molecular weight is 353 g/mol. The summed E-state index contributed by atoms with van der Waals surface area (Å²) < 4.78 is 0. The zero-order chi connectivity index (χ0) is 18.7. The molecule has 1 aliphatic rings. The van der Waals surface area contributed by atoms with E-state index in [1.165, 1.54) is 0 Å². The monoisotopic (exact) mass is 353 g/mol. The minimum Gasteiger partial charge on any atom is -0.481 e. The number of aliphatic hydroxyl groups excluding tert-OH is 1. The molecule has 0 bridgehead atoms. The maximum atomic E-state index is 12.0. The van der Waals surface area contributed by atoms with E-state index in [0.29, 0.717) is 38.5 Å². The van der Waals surface area contributed by atoms with Crippen LogP contribution in [0, 0.1) is 0 Å². The summed E-state index contributed by atoms with van der Waals surface area (Å²) in [7, 11) is 0. The van der Waals surface area contributed by atoms with Crippen molar-refractivity contribution in [2.24, 2.45) is 0 Å². The molecule has 0 aromatic rings. The molecule has 0 radical (unpaired) electrons. The number of carboxylic acid groups (broad SMARTS) is 1. The number of Topliss-reactive ketones (excluding diaryl/α,β-unsaturated/α-hetero) is 1. The molecular weight excluding hydrogens is 322 g/mol. The molecule has 1 saturated heterocycles. The number of hydrogen-bond acceptors (Lipinski definition) is 4. The van der Waals surface area contributed by atoms with E-state index in [2.05, 4.69) is 6.92 Å². The van der Waals surface area contributed by atoms with Crippen molar-refractivity contribution >= 4 is 17.7 Å². The molecule has 142 valence electrons. The van der Waals surface area contributed by atoms with Gasteiger partial charge in [-0.2, -0.15) is 0 Å². The van der Waals surface area contributed by atoms with Crippen LogP contribution < -0.4 is 0 Å². The molecule has 0 aromatic carbocycles. The molecule has 1 rings (SSSR count). The van der Waals surface area contributed by atoms with Gasteiger partial charge in [-0.05, 0) is 25.7 Å². The van der Waals surface area contributed by atoms with Crippen LogP contribution >= 0.6 is 0 Å². The molecule has 2 N–H and O–H groups in total. The highest BCUT2D eigenvalue weighted by Crippen LogP contribution is 2.20. The molecule has 2 atom stereocenters. The Labute approximate surface area is 149 Å². The second-order valence-electron chi connectivity index (χ2n) is 6.72. The van der Waals surface area contributed by atoms with E-state index in [1.54, 1.807) is 11.0 Å². The number of likely N-dealkylation sites (tertiary alicyclic amines) is 1. The minimum atomic E-state index is -0.857. The van der Waals surface area contributed by atoms with Gasteiger partial charge < -0.3 is 15.1 Å². The minimum absolute atomic E-state index is 0.0333. The molecule has 0 saturated carbocycles. The van der Waals surface area contributed by atoms with E-state index in [9.17, 15) is 19.5 Å². The van der Waals surface area contributed by atoms with Crippen molar-refractivity contribution in [2.45, 2.75) is 83.3 Å². The Morgan fingerprint density at radius 1 is 1.24 bits per heavy atom. The number of carbonyl (C=O) groups excluding carboxylic acids is 2. The maximum absolute atomic E-state index is 12.0. The number of aliphatic hydroxyl groups is 1. The lowest BCUT2D eigenvalue weighted by Crippen LogP contribution is -2.36. The van der Waals surface area contributed by atoms with Gasteiger partial charge in [0.05, 0.1) is 18.7 Å². The van der Waals surface area contributed by atoms with Gasteiger partial charge in [-0.15, -0.1) is 0 Å². The fourth-order valence-electron chi connectivity index (χ4n) is 2.98. The number of ketones is 1. The predicted molar refractivity (Wildman–Crippen MR) is 95.1 cm³/mol. The molecule has 1 aliphatic heterocycles. The van der Waals surface area contributed by atoms with Gasteiger partial charge in [0.2, 0.25) is 5.91 Å². The van der Waals surface area contributed by atoms with Crippen LogP contribution in [0.25, 0.3) is 0 Å². The fourth-order valence-corrected chi connectivity index (χ4v) is 2.98. The lowest BCUT2D eigenvalue weighted by Gasteiger charge is -2.22. The Balaban J connectivity index is 2.40. The fraction of sp³-hybridized carbons (Fsp3) is 0.737. The smallest absolute Gasteiger partial charge is 0.303 e. The van der Waals surface area contributed by atoms with Gasteiger partial charge in [-0.1, -0.05) is 38.3 Å². The van der Waals surface area contributed by atoms with Gasteiger partial charge in [-0.25, -0.2) is 0 Å². The van der Waals surface area contributed by atoms with Crippen molar-refractivity contribution in [1.82, 2.24) is 4.90 Å². The zero-order valence-electron chi connectivity index (χ0n) is 15.2. The molecule has 6 nitrogen and oxygen atoms in total. The van der Waals surface area contributed by atoms with Crippen LogP contribution in [-0.4, -0.2) is 51.5 Å². The third-order valence-corrected chi connectivity index (χ3v) is 4.48. The van der Waals surface area contributed by atoms with Crippen molar-refractivity contribution in [3.05, 3.63) is 12.2 Å². The van der Waals surface area contributed by atoms with Crippen LogP contribution in [-0.2, 0) is 14.4 Å². The molecule has 2 unspecified atom stereocenters. The first-order valence-electron chi connectivity index (χ1n) is 9.33. The number of hydrogen-bond donors (Lipinski definition) is 2. The standard InChI is InChI=1S/C19H31NO5/c1-2-3-4-7-16(21)12-10-15-11-13-18(23)20(15)14-17(22)8-5-6-9-19(24)25/h10,12,15-16,21H,2-9,11,13-14H2,1H3,(H,24,25)/b12-10+. The Kier molecular flexibility index (Phi) is 10.1. The summed E-state index contributed by atoms with van der Waals surface area (Å²) in [5.41, 5.74) is 0. The Hall–Kier alpha value is -1.69. The average Bonchev–Trinajstić information content (AvgIpc) is 2.90. The van der Waals surface area contributed by atoms with E-state index in [0.717, 1.165) is 19.3 Å². The number of unbranched alkanes of at least 4 members (excludes halogenated alkanes) is 3. The largest absolute Gasteiger partial charge is 0.481 e. The highest BCUT2D eigenvalue weighted by molar-refractivity contribution is 5.87. The predicted octanol–water partition coefficient (Wildman–Crippen LogP) is 2.69. The Morgan fingerprint density at radius 3 is 2.64 bits per heavy atom. The van der Waals surface area contributed by atoms with Crippen LogP contribution in [0.4, 0.5) is 0 Å². The number of amides is 1. The summed E-state index contributed by atoms with van der Waals surface area (Å²) in [5, 5.41) is 18.5. The normalized spacial score (nSPS) is 18.9. The second kappa shape index (κ2) is 11.8. The number of carboxylic acids is 1. The summed E-state index contributed by atoms with van der Waals surface area (Å²) in [6.45, 7) is 2.19. The van der Waals surface area contributed by atoms with Crippen molar-refractivity contribution in [3.63, 3.8) is 0 Å². The molecule has 0 aromatic heterocycles. The van der Waals surface area contributed by atoms with Crippen molar-refractivity contribution in [1.29, 1.82) is 0 Å². The van der Waals surface area contributed by atoms with Gasteiger partial charge in [0, 0.05) is 19.3 Å². The van der Waals surface area contributed by atoms with Gasteiger partial charge >= 0.3 is 5.97 Å². The van der Waals surface area contributed by atoms with Crippen LogP contribution in [0.1, 0.15) is 71.1 Å². The first-order valence-corrected chi connectivity index (χ1v) is 9.33. The summed E-state index contributed by atoms with van der Waals surface area (Å²) in [5.74, 6) is -0.929. The quantitative estimate of drug-likeness (QED) is 0.392. The molecule has 0 aliphatic carbocycles. The zero-order valence-corrected chi connectivity index (χ0v) is 15.2. The third-order valence-electron chi connectivity index (χ3n) is 4.48. The first kappa shape index (κ1) is 21.4. The molecule has 1 amide bonds. The molecule has 6 heteroatoms. The number of carbonyl (C=O) groups is 3. The van der Waals surface area contributed by atoms with Crippen molar-refractivity contribution < 1.29 is 24.6 Å². The van der Waals surface area contributed by atoms with Crippen LogP contribution in [0.15, 0.2) is 12.2 Å². The third kappa shape index (κ3) is 8.82. The number of rotatable bonds is 13. The summed E-state index contributed by atoms with van der Waals surface area (Å²) in [6.07, 6.45) is 9.44. The topological polar surface area (TPSA) is 94.9 Å². The molecule has 1 heterocycles. The van der Waals surface area contributed by atoms with Gasteiger partial charge in [0.15, 0.2) is 5.78 Å². The number of aliphatic carboxylic acids is 1. The van der Waals surface area contributed by atoms with E-state index >= 15 is 0 Å². The number of nitrogens with zero attached hydrogens (tertiary/aromatic N) is 1. The SMILES string of the molecule is CCCCCC(O)/C=C/C1CCC(=O)N1CC(=O)CCCCC(=O)O. The van der Waals surface area contributed by atoms with Crippen molar-refractivity contribution in [3.8, 4) is 0 Å². The summed E-state index contributed by atoms with van der Waals surface area (Å²) in [4.78, 5) is 36.1. The van der Waals surface area contributed by atoms with E-state index in [4.69, 9.17) is 5.11 Å². The molecule has 1 fully saturated rings. The van der Waals surface area contributed by atoms with E-state index in [-0.39, 0.29) is 30.7 Å². The van der Waals surface area contributed by atoms with Gasteiger partial charge in [0.1, 0.15) is 0 Å². The lowest BCUT2D eigenvalue weighted by atomic mass is 10.1. The van der Waals surface area contributed by atoms with Gasteiger partial charge in [-0.3, -0.25) is 14.4 Å². The van der Waals surface area contributed by atoms with E-state index in [1.807, 2.05) is 6.08 Å². The van der Waals surface area contributed by atoms with Gasteiger partial charge in [0.25, 0.3) is 0 Å². The highest BCUT2D eigenvalue weighted by Gasteiger charge is 2.30.